The number of rotatable bonds is 4. The molecule has 5 heteroatoms. The molecular formula is C15H21F3N2. The van der Waals surface area contributed by atoms with Crippen LogP contribution in [0, 0.1) is 5.92 Å². The predicted molar refractivity (Wildman–Crippen MR) is 73.3 cm³/mol. The molecule has 1 aromatic rings. The fourth-order valence-corrected chi connectivity index (χ4v) is 2.73. The van der Waals surface area contributed by atoms with Crippen molar-refractivity contribution in [1.82, 2.24) is 10.2 Å². The lowest BCUT2D eigenvalue weighted by Gasteiger charge is -2.33. The number of alkyl halides is 3. The SMILES string of the molecule is CNCc1ccccc1CN1CCC(C(F)(F)F)CC1. The molecule has 112 valence electrons. The number of nitrogens with one attached hydrogen (secondary N) is 1. The van der Waals surface area contributed by atoms with Crippen LogP contribution < -0.4 is 5.32 Å². The molecule has 1 aliphatic heterocycles. The Morgan fingerprint density at radius 2 is 1.75 bits per heavy atom. The highest BCUT2D eigenvalue weighted by molar-refractivity contribution is 5.27. The number of piperidine rings is 1. The Morgan fingerprint density at radius 3 is 2.30 bits per heavy atom. The number of hydrogen-bond acceptors (Lipinski definition) is 2. The van der Waals surface area contributed by atoms with Gasteiger partial charge in [0.15, 0.2) is 0 Å². The molecule has 0 amide bonds. The summed E-state index contributed by atoms with van der Waals surface area (Å²) in [5.74, 6) is -1.12. The van der Waals surface area contributed by atoms with E-state index in [1.54, 1.807) is 0 Å². The van der Waals surface area contributed by atoms with E-state index in [9.17, 15) is 13.2 Å². The maximum atomic E-state index is 12.6. The molecule has 0 aromatic heterocycles. The minimum atomic E-state index is -4.03. The van der Waals surface area contributed by atoms with Crippen molar-refractivity contribution < 1.29 is 13.2 Å². The molecule has 0 radical (unpaired) electrons. The fourth-order valence-electron chi connectivity index (χ4n) is 2.73. The van der Waals surface area contributed by atoms with Gasteiger partial charge in [-0.3, -0.25) is 4.90 Å². The molecule has 1 aromatic carbocycles. The highest BCUT2D eigenvalue weighted by atomic mass is 19.4. The zero-order valence-corrected chi connectivity index (χ0v) is 11.7. The van der Waals surface area contributed by atoms with E-state index in [-0.39, 0.29) is 12.8 Å². The van der Waals surface area contributed by atoms with Crippen LogP contribution in [0.25, 0.3) is 0 Å². The smallest absolute Gasteiger partial charge is 0.316 e. The maximum absolute atomic E-state index is 12.6. The van der Waals surface area contributed by atoms with E-state index < -0.39 is 12.1 Å². The maximum Gasteiger partial charge on any atom is 0.391 e. The van der Waals surface area contributed by atoms with E-state index >= 15 is 0 Å². The largest absolute Gasteiger partial charge is 0.391 e. The normalized spacial score (nSPS) is 18.4. The van der Waals surface area contributed by atoms with Crippen molar-refractivity contribution in [2.45, 2.75) is 32.1 Å². The molecule has 2 rings (SSSR count). The molecule has 1 heterocycles. The Labute approximate surface area is 118 Å². The molecule has 1 fully saturated rings. The Balaban J connectivity index is 1.93. The molecule has 0 spiro atoms. The summed E-state index contributed by atoms with van der Waals surface area (Å²) in [6, 6.07) is 8.10. The lowest BCUT2D eigenvalue weighted by molar-refractivity contribution is -0.185. The number of hydrogen-bond donors (Lipinski definition) is 1. The van der Waals surface area contributed by atoms with Gasteiger partial charge in [0, 0.05) is 13.1 Å². The first-order chi connectivity index (χ1) is 9.50. The number of halogens is 3. The van der Waals surface area contributed by atoms with Gasteiger partial charge in [-0.25, -0.2) is 0 Å². The second-order valence-electron chi connectivity index (χ2n) is 5.39. The Bertz CT molecular complexity index is 423. The lowest BCUT2D eigenvalue weighted by Crippen LogP contribution is -2.38. The highest BCUT2D eigenvalue weighted by Crippen LogP contribution is 2.34. The van der Waals surface area contributed by atoms with Gasteiger partial charge in [0.2, 0.25) is 0 Å². The van der Waals surface area contributed by atoms with Crippen molar-refractivity contribution in [3.05, 3.63) is 35.4 Å². The minimum absolute atomic E-state index is 0.220. The monoisotopic (exact) mass is 286 g/mol. The molecule has 1 aliphatic rings. The van der Waals surface area contributed by atoms with Gasteiger partial charge in [0.05, 0.1) is 5.92 Å². The van der Waals surface area contributed by atoms with Crippen molar-refractivity contribution in [1.29, 1.82) is 0 Å². The van der Waals surface area contributed by atoms with E-state index in [4.69, 9.17) is 0 Å². The summed E-state index contributed by atoms with van der Waals surface area (Å²) in [6.45, 7) is 2.58. The molecule has 20 heavy (non-hydrogen) atoms. The van der Waals surface area contributed by atoms with Gasteiger partial charge < -0.3 is 5.32 Å². The van der Waals surface area contributed by atoms with Crippen LogP contribution in [-0.4, -0.2) is 31.2 Å². The summed E-state index contributed by atoms with van der Waals surface area (Å²) < 4.78 is 37.9. The van der Waals surface area contributed by atoms with E-state index in [0.29, 0.717) is 13.1 Å². The Morgan fingerprint density at radius 1 is 1.15 bits per heavy atom. The summed E-state index contributed by atoms with van der Waals surface area (Å²) in [5.41, 5.74) is 2.42. The van der Waals surface area contributed by atoms with Crippen LogP contribution >= 0.6 is 0 Å². The second kappa shape index (κ2) is 6.59. The molecular weight excluding hydrogens is 265 g/mol. The zero-order chi connectivity index (χ0) is 14.6. The summed E-state index contributed by atoms with van der Waals surface area (Å²) in [5, 5.41) is 3.12. The Hall–Kier alpha value is -1.07. The third-order valence-corrected chi connectivity index (χ3v) is 3.93. The molecule has 1 N–H and O–H groups in total. The third kappa shape index (κ3) is 3.96. The number of nitrogens with zero attached hydrogens (tertiary/aromatic N) is 1. The minimum Gasteiger partial charge on any atom is -0.316 e. The van der Waals surface area contributed by atoms with E-state index in [2.05, 4.69) is 22.3 Å². The Kier molecular flexibility index (Phi) is 5.05. The van der Waals surface area contributed by atoms with Crippen molar-refractivity contribution in [2.24, 2.45) is 5.92 Å². The summed E-state index contributed by atoms with van der Waals surface area (Å²) in [7, 11) is 1.89. The van der Waals surface area contributed by atoms with Gasteiger partial charge in [0.1, 0.15) is 0 Å². The first-order valence-electron chi connectivity index (χ1n) is 7.01. The number of benzene rings is 1. The molecule has 0 aliphatic carbocycles. The average Bonchev–Trinajstić information content (AvgIpc) is 2.41. The number of likely N-dealkylation sites (tertiary alicyclic amines) is 1. The second-order valence-corrected chi connectivity index (χ2v) is 5.39. The average molecular weight is 286 g/mol. The molecule has 0 atom stereocenters. The quantitative estimate of drug-likeness (QED) is 0.914. The summed E-state index contributed by atoms with van der Waals surface area (Å²) in [4.78, 5) is 2.12. The van der Waals surface area contributed by atoms with Crippen LogP contribution in [0.3, 0.4) is 0 Å². The van der Waals surface area contributed by atoms with Crippen LogP contribution in [-0.2, 0) is 13.1 Å². The fraction of sp³-hybridized carbons (Fsp3) is 0.600. The molecule has 1 saturated heterocycles. The molecule has 0 unspecified atom stereocenters. The molecule has 2 nitrogen and oxygen atoms in total. The van der Waals surface area contributed by atoms with E-state index in [1.807, 2.05) is 19.2 Å². The van der Waals surface area contributed by atoms with Crippen molar-refractivity contribution in [3.8, 4) is 0 Å². The summed E-state index contributed by atoms with van der Waals surface area (Å²) in [6.07, 6.45) is -3.59. The van der Waals surface area contributed by atoms with Gasteiger partial charge in [0.25, 0.3) is 0 Å². The van der Waals surface area contributed by atoms with E-state index in [0.717, 1.165) is 13.1 Å². The van der Waals surface area contributed by atoms with Crippen LogP contribution in [0.2, 0.25) is 0 Å². The van der Waals surface area contributed by atoms with Gasteiger partial charge in [-0.2, -0.15) is 13.2 Å². The van der Waals surface area contributed by atoms with Gasteiger partial charge in [-0.05, 0) is 44.1 Å². The zero-order valence-electron chi connectivity index (χ0n) is 11.7. The lowest BCUT2D eigenvalue weighted by atomic mass is 9.95. The van der Waals surface area contributed by atoms with Crippen molar-refractivity contribution in [2.75, 3.05) is 20.1 Å². The standard InChI is InChI=1S/C15H21F3N2/c1-19-10-12-4-2-3-5-13(12)11-20-8-6-14(7-9-20)15(16,17)18/h2-5,14,19H,6-11H2,1H3. The molecule has 0 saturated carbocycles. The van der Waals surface area contributed by atoms with Gasteiger partial charge in [-0.1, -0.05) is 24.3 Å². The van der Waals surface area contributed by atoms with Gasteiger partial charge >= 0.3 is 6.18 Å². The van der Waals surface area contributed by atoms with E-state index in [1.165, 1.54) is 11.1 Å². The highest BCUT2D eigenvalue weighted by Gasteiger charge is 2.40. The first-order valence-corrected chi connectivity index (χ1v) is 7.01. The van der Waals surface area contributed by atoms with Crippen LogP contribution in [0.5, 0.6) is 0 Å². The van der Waals surface area contributed by atoms with Crippen molar-refractivity contribution >= 4 is 0 Å². The summed E-state index contributed by atoms with van der Waals surface area (Å²) >= 11 is 0. The van der Waals surface area contributed by atoms with Crippen molar-refractivity contribution in [3.63, 3.8) is 0 Å². The van der Waals surface area contributed by atoms with Crippen LogP contribution in [0.4, 0.5) is 13.2 Å². The first kappa shape index (κ1) is 15.3. The predicted octanol–water partition coefficient (Wildman–Crippen LogP) is 3.18. The molecule has 0 bridgehead atoms. The van der Waals surface area contributed by atoms with Gasteiger partial charge in [-0.15, -0.1) is 0 Å². The van der Waals surface area contributed by atoms with Crippen LogP contribution in [0.15, 0.2) is 24.3 Å². The third-order valence-electron chi connectivity index (χ3n) is 3.93. The van der Waals surface area contributed by atoms with Crippen LogP contribution in [0.1, 0.15) is 24.0 Å². The topological polar surface area (TPSA) is 15.3 Å².